The van der Waals surface area contributed by atoms with E-state index in [2.05, 4.69) is 41.1 Å². The van der Waals surface area contributed by atoms with Crippen LogP contribution in [0.4, 0.5) is 0 Å². The first kappa shape index (κ1) is 11.5. The highest BCUT2D eigenvalue weighted by molar-refractivity contribution is 14.0. The number of rotatable bonds is 3. The number of benzene rings is 1. The van der Waals surface area contributed by atoms with Gasteiger partial charge >= 0.3 is 20.4 Å². The summed E-state index contributed by atoms with van der Waals surface area (Å²) in [7, 11) is 0. The molecule has 1 aromatic carbocycles. The molecule has 0 fully saturated rings. The van der Waals surface area contributed by atoms with Crippen molar-refractivity contribution in [3.05, 3.63) is 46.7 Å². The van der Waals surface area contributed by atoms with Crippen molar-refractivity contribution in [1.82, 2.24) is 0 Å². The maximum atomic E-state index is 3.74. The maximum Gasteiger partial charge on any atom is 0.401 e. The van der Waals surface area contributed by atoms with Gasteiger partial charge in [-0.25, -0.2) is 4.21 Å². The Morgan fingerprint density at radius 3 is 2.45 bits per heavy atom. The summed E-state index contributed by atoms with van der Waals surface area (Å²) in [5, 5.41) is 0. The molecule has 0 aliphatic rings. The molecule has 56 valence electrons. The molecule has 0 heterocycles. The predicted molar refractivity (Wildman–Crippen MR) is 61.5 cm³/mol. The zero-order valence-corrected chi connectivity index (χ0v) is 10.2. The van der Waals surface area contributed by atoms with E-state index in [1.807, 2.05) is 0 Å². The Bertz CT molecular complexity index is 196. The first-order valence-corrected chi connectivity index (χ1v) is 5.40. The van der Waals surface area contributed by atoms with E-state index in [1.54, 1.807) is 0 Å². The molecule has 0 amide bonds. The lowest BCUT2D eigenvalue weighted by Crippen LogP contribution is -1.91. The van der Waals surface area contributed by atoms with Crippen molar-refractivity contribution in [1.29, 1.82) is 0 Å². The van der Waals surface area contributed by atoms with Crippen LogP contribution < -0.4 is 0 Å². The predicted octanol–water partition coefficient (Wildman–Crippen LogP) is 2.65. The number of hydrogen-bond acceptors (Lipinski definition) is 0. The van der Waals surface area contributed by atoms with Gasteiger partial charge in [0, 0.05) is 0 Å². The molecule has 2 heteroatoms. The molecule has 0 bridgehead atoms. The van der Waals surface area contributed by atoms with Gasteiger partial charge in [0.2, 0.25) is 0 Å². The third-order valence-electron chi connectivity index (χ3n) is 1.48. The summed E-state index contributed by atoms with van der Waals surface area (Å²) in [5.74, 6) is 0. The number of hydrogen-bond donors (Lipinski definition) is 0. The number of halogens is 1. The summed E-state index contributed by atoms with van der Waals surface area (Å²) in [5.41, 5.74) is 1.45. The Kier molecular flexibility index (Phi) is 7.42. The van der Waals surface area contributed by atoms with Gasteiger partial charge in [-0.3, -0.25) is 0 Å². The van der Waals surface area contributed by atoms with Crippen LogP contribution in [0, 0.1) is 0 Å². The Morgan fingerprint density at radius 2 is 1.91 bits per heavy atom. The fourth-order valence-electron chi connectivity index (χ4n) is 0.913. The van der Waals surface area contributed by atoms with E-state index in [4.69, 9.17) is 0 Å². The molecule has 0 radical (unpaired) electrons. The second-order valence-electron chi connectivity index (χ2n) is 2.31. The highest BCUT2D eigenvalue weighted by atomic mass is 127. The quantitative estimate of drug-likeness (QED) is 0.585. The third-order valence-corrected chi connectivity index (χ3v) is 2.75. The average Bonchev–Trinajstić information content (AvgIpc) is 2.03. The molecule has 1 rings (SSSR count). The van der Waals surface area contributed by atoms with Gasteiger partial charge in [-0.05, 0) is 0 Å². The van der Waals surface area contributed by atoms with Crippen molar-refractivity contribution in [2.75, 3.05) is 0 Å². The van der Waals surface area contributed by atoms with Gasteiger partial charge in [-0.2, -0.15) is 0 Å². The summed E-state index contributed by atoms with van der Waals surface area (Å²) >= 11 is -0.0127. The molecule has 0 saturated heterocycles. The molecule has 0 nitrogen and oxygen atoms in total. The minimum Gasteiger partial charge on any atom is -0.213 e. The molecule has 1 aromatic rings. The summed E-state index contributed by atoms with van der Waals surface area (Å²) in [6.45, 7) is 3.74. The first-order chi connectivity index (χ1) is 4.93. The first-order valence-electron chi connectivity index (χ1n) is 3.58. The van der Waals surface area contributed by atoms with E-state index >= 15 is 0 Å². The van der Waals surface area contributed by atoms with Crippen LogP contribution >= 0.6 is 24.0 Å². The topological polar surface area (TPSA) is 0 Å². The molecule has 0 spiro atoms. The highest BCUT2D eigenvalue weighted by Gasteiger charge is 1.90. The summed E-state index contributed by atoms with van der Waals surface area (Å²) in [6.07, 6.45) is 0. The molecule has 0 unspecified atom stereocenters. The van der Waals surface area contributed by atoms with Gasteiger partial charge in [-0.15, -0.1) is 35.1 Å². The van der Waals surface area contributed by atoms with Gasteiger partial charge in [0.05, 0.1) is 0 Å². The fourth-order valence-corrected chi connectivity index (χ4v) is 1.78. The van der Waals surface area contributed by atoms with Crippen molar-refractivity contribution >= 4 is 44.3 Å². The van der Waals surface area contributed by atoms with Gasteiger partial charge < -0.3 is 0 Å². The third kappa shape index (κ3) is 4.82. The van der Waals surface area contributed by atoms with E-state index in [1.165, 1.54) is 10.1 Å². The molecular weight excluding hydrogens is 259 g/mol. The molecule has 0 saturated carbocycles. The zero-order valence-electron chi connectivity index (χ0n) is 6.49. The molecule has 11 heavy (non-hydrogen) atoms. The van der Waals surface area contributed by atoms with Crippen molar-refractivity contribution in [2.45, 2.75) is 4.55 Å². The maximum absolute atomic E-state index is 3.74. The minimum absolute atomic E-state index is 0. The van der Waals surface area contributed by atoms with Crippen LogP contribution in [0.1, 0.15) is 5.56 Å². The fraction of sp³-hybridized carbons (Fsp3) is 0.111. The minimum atomic E-state index is -0.0127. The normalized spacial score (nSPS) is 7.64. The van der Waals surface area contributed by atoms with Crippen molar-refractivity contribution in [3.63, 3.8) is 0 Å². The van der Waals surface area contributed by atoms with E-state index in [0.29, 0.717) is 0 Å². The Morgan fingerprint density at radius 1 is 1.27 bits per heavy atom. The molecule has 0 aliphatic carbocycles. The Hall–Kier alpha value is 0.456. The van der Waals surface area contributed by atoms with E-state index in [9.17, 15) is 0 Å². The van der Waals surface area contributed by atoms with Crippen molar-refractivity contribution < 1.29 is 0 Å². The van der Waals surface area contributed by atoms with Crippen molar-refractivity contribution in [3.8, 4) is 0 Å². The SMILES string of the molecule is C=[CH][Mg][CH2]c1ccccc1.I. The van der Waals surface area contributed by atoms with Gasteiger partial charge in [-0.1, -0.05) is 35.9 Å². The zero-order chi connectivity index (χ0) is 7.23. The van der Waals surface area contributed by atoms with E-state index in [0.717, 1.165) is 0 Å². The van der Waals surface area contributed by atoms with Gasteiger partial charge in [0.15, 0.2) is 0 Å². The van der Waals surface area contributed by atoms with E-state index in [-0.39, 0.29) is 44.3 Å². The van der Waals surface area contributed by atoms with Crippen LogP contribution in [-0.4, -0.2) is 20.4 Å². The van der Waals surface area contributed by atoms with Crippen LogP contribution in [0.2, 0.25) is 0 Å². The summed E-state index contributed by atoms with van der Waals surface area (Å²) < 4.78 is 3.34. The lowest BCUT2D eigenvalue weighted by molar-refractivity contribution is 1.39. The Labute approximate surface area is 94.8 Å². The van der Waals surface area contributed by atoms with Crippen LogP contribution in [0.3, 0.4) is 0 Å². The van der Waals surface area contributed by atoms with Crippen molar-refractivity contribution in [2.24, 2.45) is 0 Å². The standard InChI is InChI=1S/C7H7.C2H3.HI.Mg/c1-7-5-3-2-4-6-7;1-2;;/h2-6H,1H2;1H,2H2;1H;. The smallest absolute Gasteiger partial charge is 0.213 e. The second-order valence-corrected chi connectivity index (χ2v) is 3.97. The van der Waals surface area contributed by atoms with Gasteiger partial charge in [0.25, 0.3) is 0 Å². The molecular formula is C9H11IMg. The monoisotopic (exact) mass is 270 g/mol. The van der Waals surface area contributed by atoms with Crippen LogP contribution in [0.15, 0.2) is 41.1 Å². The van der Waals surface area contributed by atoms with Crippen LogP contribution in [0.5, 0.6) is 0 Å². The van der Waals surface area contributed by atoms with Crippen LogP contribution in [-0.2, 0) is 4.55 Å². The summed E-state index contributed by atoms with van der Waals surface area (Å²) in [6, 6.07) is 10.6. The Balaban J connectivity index is 0.000001000. The highest BCUT2D eigenvalue weighted by Crippen LogP contribution is 1.97. The lowest BCUT2D eigenvalue weighted by atomic mass is 10.2. The van der Waals surface area contributed by atoms with Gasteiger partial charge in [0.1, 0.15) is 0 Å². The molecule has 0 aliphatic heterocycles. The largest absolute Gasteiger partial charge is 0.401 e. The lowest BCUT2D eigenvalue weighted by Gasteiger charge is -1.93. The molecule has 0 N–H and O–H groups in total. The molecule has 0 atom stereocenters. The average molecular weight is 270 g/mol. The van der Waals surface area contributed by atoms with Crippen LogP contribution in [0.25, 0.3) is 0 Å². The van der Waals surface area contributed by atoms with E-state index < -0.39 is 0 Å². The molecule has 0 aromatic heterocycles. The second kappa shape index (κ2) is 7.12. The summed E-state index contributed by atoms with van der Waals surface area (Å²) in [4.78, 5) is 0.